The van der Waals surface area contributed by atoms with E-state index in [0.29, 0.717) is 16.9 Å². The highest BCUT2D eigenvalue weighted by Crippen LogP contribution is 2.39. The Morgan fingerprint density at radius 2 is 1.68 bits per heavy atom. The molecule has 2 amide bonds. The Bertz CT molecular complexity index is 829. The smallest absolute Gasteiger partial charge is 0.365 e. The van der Waals surface area contributed by atoms with Gasteiger partial charge >= 0.3 is 6.03 Å². The maximum atomic E-state index is 13.1. The van der Waals surface area contributed by atoms with Gasteiger partial charge in [0.2, 0.25) is 0 Å². The van der Waals surface area contributed by atoms with Gasteiger partial charge in [0.15, 0.2) is 5.78 Å². The molecule has 25 heavy (non-hydrogen) atoms. The Morgan fingerprint density at radius 1 is 1.04 bits per heavy atom. The van der Waals surface area contributed by atoms with E-state index in [-0.39, 0.29) is 5.78 Å². The molecule has 0 fully saturated rings. The second-order valence-corrected chi connectivity index (χ2v) is 5.84. The number of amides is 2. The lowest BCUT2D eigenvalue weighted by Gasteiger charge is -2.24. The summed E-state index contributed by atoms with van der Waals surface area (Å²) < 4.78 is 0. The van der Waals surface area contributed by atoms with E-state index in [4.69, 9.17) is 10.7 Å². The largest absolute Gasteiger partial charge is 0.379 e. The summed E-state index contributed by atoms with van der Waals surface area (Å²) >= 11 is 0. The standard InChI is InChI=1S/C19H19N3O3/c1-12-8-10-15(11-9-12)18(23)16-13(2)25-22(19(24)21-20)17(16)14-6-4-3-5-7-14/h3-11,17H,20H2,1-2H3,(H,21,24). The van der Waals surface area contributed by atoms with E-state index in [1.165, 1.54) is 0 Å². The van der Waals surface area contributed by atoms with E-state index in [1.807, 2.05) is 49.4 Å². The molecule has 0 bridgehead atoms. The minimum atomic E-state index is -0.668. The first-order chi connectivity index (χ1) is 12.0. The molecular formula is C19H19N3O3. The van der Waals surface area contributed by atoms with Crippen molar-refractivity contribution < 1.29 is 14.4 Å². The predicted octanol–water partition coefficient (Wildman–Crippen LogP) is 3.02. The lowest BCUT2D eigenvalue weighted by atomic mass is 9.91. The van der Waals surface area contributed by atoms with Gasteiger partial charge in [-0.05, 0) is 19.4 Å². The molecule has 0 saturated heterocycles. The minimum Gasteiger partial charge on any atom is -0.379 e. The van der Waals surface area contributed by atoms with Crippen molar-refractivity contribution in [2.24, 2.45) is 5.84 Å². The van der Waals surface area contributed by atoms with Crippen LogP contribution in [0.3, 0.4) is 0 Å². The molecule has 3 N–H and O–H groups in total. The number of nitrogens with one attached hydrogen (secondary N) is 1. The Hall–Kier alpha value is -3.12. The normalized spacial score (nSPS) is 16.6. The zero-order valence-electron chi connectivity index (χ0n) is 14.0. The van der Waals surface area contributed by atoms with Gasteiger partial charge < -0.3 is 4.84 Å². The minimum absolute atomic E-state index is 0.182. The summed E-state index contributed by atoms with van der Waals surface area (Å²) in [6.45, 7) is 3.62. The Labute approximate surface area is 145 Å². The number of nitrogens with two attached hydrogens (primary N) is 1. The molecule has 1 heterocycles. The van der Waals surface area contributed by atoms with Gasteiger partial charge in [-0.1, -0.05) is 60.2 Å². The lowest BCUT2D eigenvalue weighted by Crippen LogP contribution is -2.43. The van der Waals surface area contributed by atoms with E-state index in [0.717, 1.165) is 16.2 Å². The molecule has 2 aromatic rings. The van der Waals surface area contributed by atoms with Crippen LogP contribution in [0.15, 0.2) is 65.9 Å². The maximum Gasteiger partial charge on any atom is 0.365 e. The summed E-state index contributed by atoms with van der Waals surface area (Å²) in [5, 5.41) is 1.09. The Morgan fingerprint density at radius 3 is 2.28 bits per heavy atom. The number of hydrazine groups is 1. The summed E-state index contributed by atoms with van der Waals surface area (Å²) in [5.74, 6) is 5.46. The molecule has 0 aliphatic carbocycles. The molecule has 0 aromatic heterocycles. The number of carbonyl (C=O) groups is 2. The van der Waals surface area contributed by atoms with Gasteiger partial charge in [-0.3, -0.25) is 10.2 Å². The number of carbonyl (C=O) groups excluding carboxylic acids is 2. The third-order valence-corrected chi connectivity index (χ3v) is 4.12. The fourth-order valence-electron chi connectivity index (χ4n) is 2.86. The van der Waals surface area contributed by atoms with Gasteiger partial charge in [-0.25, -0.2) is 10.6 Å². The van der Waals surface area contributed by atoms with Crippen LogP contribution in [0.5, 0.6) is 0 Å². The molecule has 6 heteroatoms. The number of allylic oxidation sites excluding steroid dienone is 1. The Balaban J connectivity index is 2.05. The summed E-state index contributed by atoms with van der Waals surface area (Å²) in [6, 6.07) is 15.2. The number of nitrogens with zero attached hydrogens (tertiary/aromatic N) is 1. The molecule has 0 spiro atoms. The van der Waals surface area contributed by atoms with Crippen LogP contribution >= 0.6 is 0 Å². The van der Waals surface area contributed by atoms with Gasteiger partial charge in [0.05, 0.1) is 5.57 Å². The van der Waals surface area contributed by atoms with Crippen LogP contribution in [0, 0.1) is 6.92 Å². The van der Waals surface area contributed by atoms with E-state index >= 15 is 0 Å². The molecule has 128 valence electrons. The van der Waals surface area contributed by atoms with E-state index < -0.39 is 12.1 Å². The average molecular weight is 337 g/mol. The van der Waals surface area contributed by atoms with Crippen molar-refractivity contribution in [1.82, 2.24) is 10.5 Å². The molecule has 0 radical (unpaired) electrons. The molecule has 0 saturated carbocycles. The molecule has 1 aliphatic rings. The molecule has 1 aliphatic heterocycles. The van der Waals surface area contributed by atoms with Gasteiger partial charge in [-0.15, -0.1) is 5.06 Å². The van der Waals surface area contributed by atoms with Gasteiger partial charge in [0.25, 0.3) is 0 Å². The number of rotatable bonds is 3. The topological polar surface area (TPSA) is 84.7 Å². The first-order valence-corrected chi connectivity index (χ1v) is 7.87. The number of urea groups is 1. The Kier molecular flexibility index (Phi) is 4.54. The molecule has 1 unspecified atom stereocenters. The number of benzene rings is 2. The second kappa shape index (κ2) is 6.78. The van der Waals surface area contributed by atoms with Crippen LogP contribution in [0.1, 0.15) is 34.5 Å². The third kappa shape index (κ3) is 3.12. The van der Waals surface area contributed by atoms with Gasteiger partial charge in [-0.2, -0.15) is 0 Å². The quantitative estimate of drug-likeness (QED) is 0.390. The summed E-state index contributed by atoms with van der Waals surface area (Å²) in [5.41, 5.74) is 4.84. The molecule has 6 nitrogen and oxygen atoms in total. The van der Waals surface area contributed by atoms with Crippen molar-refractivity contribution in [3.63, 3.8) is 0 Å². The molecular weight excluding hydrogens is 318 g/mol. The van der Waals surface area contributed by atoms with Crippen LogP contribution in [-0.2, 0) is 4.84 Å². The van der Waals surface area contributed by atoms with Crippen LogP contribution in [0.25, 0.3) is 0 Å². The van der Waals surface area contributed by atoms with E-state index in [9.17, 15) is 9.59 Å². The van der Waals surface area contributed by atoms with Crippen molar-refractivity contribution in [3.05, 3.63) is 82.6 Å². The highest BCUT2D eigenvalue weighted by atomic mass is 16.7. The fraction of sp³-hybridized carbons (Fsp3) is 0.158. The SMILES string of the molecule is CC1=C(C(=O)c2ccc(C)cc2)C(c2ccccc2)N(C(=O)NN)O1. The van der Waals surface area contributed by atoms with Gasteiger partial charge in [0, 0.05) is 5.56 Å². The van der Waals surface area contributed by atoms with Crippen LogP contribution in [0.4, 0.5) is 4.79 Å². The first-order valence-electron chi connectivity index (χ1n) is 7.87. The zero-order chi connectivity index (χ0) is 18.0. The van der Waals surface area contributed by atoms with Crippen molar-refractivity contribution in [2.45, 2.75) is 19.9 Å². The number of hydrogen-bond acceptors (Lipinski definition) is 4. The van der Waals surface area contributed by atoms with Crippen molar-refractivity contribution >= 4 is 11.8 Å². The average Bonchev–Trinajstić information content (AvgIpc) is 2.99. The van der Waals surface area contributed by atoms with Crippen molar-refractivity contribution in [3.8, 4) is 0 Å². The number of aryl methyl sites for hydroxylation is 1. The number of ketones is 1. The number of hydroxylamine groups is 2. The summed E-state index contributed by atoms with van der Waals surface area (Å²) in [6.07, 6.45) is 0. The third-order valence-electron chi connectivity index (χ3n) is 4.12. The van der Waals surface area contributed by atoms with Crippen LogP contribution < -0.4 is 11.3 Å². The highest BCUT2D eigenvalue weighted by Gasteiger charge is 2.41. The zero-order valence-corrected chi connectivity index (χ0v) is 14.0. The predicted molar refractivity (Wildman–Crippen MR) is 93.0 cm³/mol. The maximum absolute atomic E-state index is 13.1. The van der Waals surface area contributed by atoms with Crippen molar-refractivity contribution in [2.75, 3.05) is 0 Å². The van der Waals surface area contributed by atoms with Gasteiger partial charge in [0.1, 0.15) is 11.8 Å². The van der Waals surface area contributed by atoms with E-state index in [2.05, 4.69) is 5.43 Å². The summed E-state index contributed by atoms with van der Waals surface area (Å²) in [4.78, 5) is 30.8. The lowest BCUT2D eigenvalue weighted by molar-refractivity contribution is -0.0720. The van der Waals surface area contributed by atoms with Crippen molar-refractivity contribution in [1.29, 1.82) is 0 Å². The fourth-order valence-corrected chi connectivity index (χ4v) is 2.86. The van der Waals surface area contributed by atoms with E-state index in [1.54, 1.807) is 19.1 Å². The van der Waals surface area contributed by atoms with Crippen LogP contribution in [-0.4, -0.2) is 16.9 Å². The molecule has 3 rings (SSSR count). The second-order valence-electron chi connectivity index (χ2n) is 5.84. The summed E-state index contributed by atoms with van der Waals surface area (Å²) in [7, 11) is 0. The first kappa shape index (κ1) is 16.7. The highest BCUT2D eigenvalue weighted by molar-refractivity contribution is 6.10. The van der Waals surface area contributed by atoms with Crippen LogP contribution in [0.2, 0.25) is 0 Å². The molecule has 2 aromatic carbocycles. The monoisotopic (exact) mass is 337 g/mol. The number of hydrogen-bond donors (Lipinski definition) is 2. The number of Topliss-reactive ketones (excluding diaryl/α,β-unsaturated/α-hetero) is 1. The molecule has 1 atom stereocenters.